The predicted molar refractivity (Wildman–Crippen MR) is 161 cm³/mol. The number of nitrogens with zero attached hydrogens (tertiary/aromatic N) is 1. The lowest BCUT2D eigenvalue weighted by Gasteiger charge is -2.56. The molecule has 5 rings (SSSR count). The molecule has 0 spiro atoms. The molecule has 5 fully saturated rings. The van der Waals surface area contributed by atoms with Crippen LogP contribution in [0, 0.1) is 29.1 Å². The van der Waals surface area contributed by atoms with Crippen LogP contribution in [-0.4, -0.2) is 69.1 Å². The monoisotopic (exact) mass is 591 g/mol. The molecule has 8 nitrogen and oxygen atoms in total. The van der Waals surface area contributed by atoms with E-state index in [2.05, 4.69) is 11.8 Å². The van der Waals surface area contributed by atoms with E-state index in [-0.39, 0.29) is 37.2 Å². The van der Waals surface area contributed by atoms with E-state index in [1.165, 1.54) is 57.8 Å². The standard InChI is InChI=1S/C34H57NO7/c1-2-3-4-5-6-7-8-12-31(36)40-24-30(26-42-33(38)39-16-11-15-35-13-9-10-14-35)25-41-32(37)23-34-20-27-17-28(21-34)19-29(18-27)22-34/h27-30H,2-26H2,1H3/t27-,28+,29-,30?,34?. The fourth-order valence-electron chi connectivity index (χ4n) is 8.41. The van der Waals surface area contributed by atoms with E-state index >= 15 is 0 Å². The van der Waals surface area contributed by atoms with Crippen molar-refractivity contribution in [2.45, 2.75) is 122 Å². The molecule has 8 heteroatoms. The first-order valence-corrected chi connectivity index (χ1v) is 17.3. The van der Waals surface area contributed by atoms with Crippen LogP contribution in [0.3, 0.4) is 0 Å². The maximum atomic E-state index is 13.0. The molecule has 1 heterocycles. The van der Waals surface area contributed by atoms with Crippen LogP contribution in [0.2, 0.25) is 0 Å². The molecule has 0 N–H and O–H groups in total. The molecule has 42 heavy (non-hydrogen) atoms. The lowest BCUT2D eigenvalue weighted by Crippen LogP contribution is -2.47. The van der Waals surface area contributed by atoms with Crippen LogP contribution in [0.1, 0.15) is 122 Å². The zero-order chi connectivity index (χ0) is 29.6. The highest BCUT2D eigenvalue weighted by molar-refractivity contribution is 5.70. The maximum Gasteiger partial charge on any atom is 0.508 e. The van der Waals surface area contributed by atoms with E-state index < -0.39 is 12.1 Å². The smallest absolute Gasteiger partial charge is 0.465 e. The van der Waals surface area contributed by atoms with Gasteiger partial charge < -0.3 is 23.8 Å². The van der Waals surface area contributed by atoms with Crippen LogP contribution in [0.15, 0.2) is 0 Å². The Morgan fingerprint density at radius 3 is 1.93 bits per heavy atom. The van der Waals surface area contributed by atoms with Gasteiger partial charge in [0.2, 0.25) is 0 Å². The van der Waals surface area contributed by atoms with Crippen LogP contribution < -0.4 is 0 Å². The number of carbonyl (C=O) groups excluding carboxylic acids is 3. The van der Waals surface area contributed by atoms with E-state index in [0.717, 1.165) is 82.3 Å². The Balaban J connectivity index is 1.16. The molecule has 0 aromatic carbocycles. The molecule has 0 aromatic heterocycles. The molecule has 1 unspecified atom stereocenters. The van der Waals surface area contributed by atoms with E-state index in [1.807, 2.05) is 0 Å². The maximum absolute atomic E-state index is 13.0. The van der Waals surface area contributed by atoms with Crippen LogP contribution in [0.25, 0.3) is 0 Å². The highest BCUT2D eigenvalue weighted by atomic mass is 16.7. The molecule has 4 saturated carbocycles. The van der Waals surface area contributed by atoms with E-state index in [0.29, 0.717) is 19.4 Å². The van der Waals surface area contributed by atoms with Gasteiger partial charge in [0.05, 0.1) is 18.9 Å². The molecule has 4 bridgehead atoms. The molecule has 5 aliphatic rings. The van der Waals surface area contributed by atoms with E-state index in [4.69, 9.17) is 18.9 Å². The summed E-state index contributed by atoms with van der Waals surface area (Å²) in [4.78, 5) is 40.0. The summed E-state index contributed by atoms with van der Waals surface area (Å²) in [6.07, 6.45) is 18.8. The SMILES string of the molecule is CCCCCCCCCC(=O)OCC(COC(=O)CC12C[C@H]3C[C@@H](C1)C[C@@H](C2)C3)COC(=O)OCCCN1CCCC1. The highest BCUT2D eigenvalue weighted by Crippen LogP contribution is 2.61. The number of likely N-dealkylation sites (tertiary alicyclic amines) is 1. The van der Waals surface area contributed by atoms with E-state index in [1.54, 1.807) is 0 Å². The second-order valence-corrected chi connectivity index (χ2v) is 14.0. The number of esters is 2. The first-order chi connectivity index (χ1) is 20.4. The number of hydrogen-bond donors (Lipinski definition) is 0. The Labute approximate surface area is 253 Å². The normalized spacial score (nSPS) is 27.1. The average Bonchev–Trinajstić information content (AvgIpc) is 3.47. The van der Waals surface area contributed by atoms with Gasteiger partial charge in [0.15, 0.2) is 0 Å². The van der Waals surface area contributed by atoms with Gasteiger partial charge in [-0.3, -0.25) is 9.59 Å². The molecule has 0 aromatic rings. The van der Waals surface area contributed by atoms with Crippen molar-refractivity contribution < 1.29 is 33.3 Å². The quantitative estimate of drug-likeness (QED) is 0.0843. The molecule has 0 amide bonds. The topological polar surface area (TPSA) is 91.4 Å². The van der Waals surface area contributed by atoms with Crippen LogP contribution in [0.4, 0.5) is 4.79 Å². The van der Waals surface area contributed by atoms with Crippen molar-refractivity contribution in [2.24, 2.45) is 29.1 Å². The lowest BCUT2D eigenvalue weighted by atomic mass is 9.49. The molecule has 1 atom stereocenters. The van der Waals surface area contributed by atoms with Crippen LogP contribution in [-0.2, 0) is 28.5 Å². The van der Waals surface area contributed by atoms with Gasteiger partial charge in [-0.05, 0) is 100 Å². The van der Waals surface area contributed by atoms with Gasteiger partial charge in [-0.1, -0.05) is 45.4 Å². The van der Waals surface area contributed by atoms with Crippen molar-refractivity contribution >= 4 is 18.1 Å². The van der Waals surface area contributed by atoms with Gasteiger partial charge in [0, 0.05) is 13.0 Å². The molecule has 240 valence electrons. The largest absolute Gasteiger partial charge is 0.508 e. The van der Waals surface area contributed by atoms with Crippen molar-refractivity contribution in [2.75, 3.05) is 46.1 Å². The highest BCUT2D eigenvalue weighted by Gasteiger charge is 2.51. The summed E-state index contributed by atoms with van der Waals surface area (Å²) in [5, 5.41) is 0. The Morgan fingerprint density at radius 2 is 1.29 bits per heavy atom. The number of carbonyl (C=O) groups is 3. The van der Waals surface area contributed by atoms with Gasteiger partial charge in [0.1, 0.15) is 19.8 Å². The third-order valence-corrected chi connectivity index (χ3v) is 10.1. The summed E-state index contributed by atoms with van der Waals surface area (Å²) in [7, 11) is 0. The third kappa shape index (κ3) is 11.3. The van der Waals surface area contributed by atoms with Crippen molar-refractivity contribution in [3.8, 4) is 0 Å². The fourth-order valence-corrected chi connectivity index (χ4v) is 8.41. The van der Waals surface area contributed by atoms with Crippen molar-refractivity contribution in [1.29, 1.82) is 0 Å². The Hall–Kier alpha value is -1.83. The summed E-state index contributed by atoms with van der Waals surface area (Å²) in [6, 6.07) is 0. The Bertz CT molecular complexity index is 804. The zero-order valence-corrected chi connectivity index (χ0v) is 26.3. The lowest BCUT2D eigenvalue weighted by molar-refractivity contribution is -0.155. The first-order valence-electron chi connectivity index (χ1n) is 17.3. The summed E-state index contributed by atoms with van der Waals surface area (Å²) < 4.78 is 21.9. The first kappa shape index (κ1) is 33.1. The molecule has 4 aliphatic carbocycles. The number of ether oxygens (including phenoxy) is 4. The number of rotatable bonds is 20. The van der Waals surface area contributed by atoms with Crippen molar-refractivity contribution in [1.82, 2.24) is 4.90 Å². The minimum absolute atomic E-state index is 0.0136. The van der Waals surface area contributed by atoms with Crippen LogP contribution in [0.5, 0.6) is 0 Å². The Morgan fingerprint density at radius 1 is 0.714 bits per heavy atom. The van der Waals surface area contributed by atoms with Gasteiger partial charge in [-0.2, -0.15) is 0 Å². The molecule has 1 aliphatic heterocycles. The van der Waals surface area contributed by atoms with Gasteiger partial charge in [-0.25, -0.2) is 4.79 Å². The zero-order valence-electron chi connectivity index (χ0n) is 26.3. The van der Waals surface area contributed by atoms with Crippen LogP contribution >= 0.6 is 0 Å². The summed E-state index contributed by atoms with van der Waals surface area (Å²) in [5.41, 5.74) is 0.111. The summed E-state index contributed by atoms with van der Waals surface area (Å²) >= 11 is 0. The fraction of sp³-hybridized carbons (Fsp3) is 0.912. The number of hydrogen-bond acceptors (Lipinski definition) is 8. The predicted octanol–water partition coefficient (Wildman–Crippen LogP) is 7.08. The van der Waals surface area contributed by atoms with E-state index in [9.17, 15) is 14.4 Å². The average molecular weight is 592 g/mol. The van der Waals surface area contributed by atoms with Crippen molar-refractivity contribution in [3.63, 3.8) is 0 Å². The second kappa shape index (κ2) is 17.5. The summed E-state index contributed by atoms with van der Waals surface area (Å²) in [5.74, 6) is 1.49. The Kier molecular flexibility index (Phi) is 13.7. The van der Waals surface area contributed by atoms with Gasteiger partial charge >= 0.3 is 18.1 Å². The molecule has 0 radical (unpaired) electrons. The van der Waals surface area contributed by atoms with Gasteiger partial charge in [0.25, 0.3) is 0 Å². The van der Waals surface area contributed by atoms with Gasteiger partial charge in [-0.15, -0.1) is 0 Å². The summed E-state index contributed by atoms with van der Waals surface area (Å²) in [6.45, 7) is 5.78. The molecular formula is C34H57NO7. The molecule has 1 saturated heterocycles. The third-order valence-electron chi connectivity index (χ3n) is 10.1. The minimum atomic E-state index is -0.726. The second-order valence-electron chi connectivity index (χ2n) is 14.0. The number of unbranched alkanes of at least 4 members (excludes halogenated alkanes) is 6. The molecular weight excluding hydrogens is 534 g/mol. The van der Waals surface area contributed by atoms with Crippen molar-refractivity contribution in [3.05, 3.63) is 0 Å². The minimum Gasteiger partial charge on any atom is -0.465 e.